The maximum Gasteiger partial charge on any atom is 0.142 e. The van der Waals surface area contributed by atoms with E-state index in [-0.39, 0.29) is 0 Å². The van der Waals surface area contributed by atoms with Crippen molar-refractivity contribution in [2.45, 2.75) is 13.3 Å². The van der Waals surface area contributed by atoms with Crippen molar-refractivity contribution in [3.05, 3.63) is 42.4 Å². The van der Waals surface area contributed by atoms with Crippen LogP contribution in [0, 0.1) is 0 Å². The number of fused-ring (bicyclic) bond motifs is 1. The van der Waals surface area contributed by atoms with Gasteiger partial charge in [-0.1, -0.05) is 19.1 Å². The number of hydrogen-bond donors (Lipinski definition) is 1. The minimum absolute atomic E-state index is 0.874. The molecule has 0 fully saturated rings. The first-order chi connectivity index (χ1) is 7.88. The molecule has 1 aromatic carbocycles. The van der Waals surface area contributed by atoms with Crippen LogP contribution in [0.5, 0.6) is 0 Å². The highest BCUT2D eigenvalue weighted by atomic mass is 16.3. The predicted octanol–water partition coefficient (Wildman–Crippen LogP) is 3.39. The third kappa shape index (κ3) is 1.33. The summed E-state index contributed by atoms with van der Waals surface area (Å²) in [7, 11) is 0. The molecule has 3 aromatic rings. The SMILES string of the molecule is CCc1occc1-c1nc2ccccc2[nH]1. The van der Waals surface area contributed by atoms with Crippen molar-refractivity contribution in [1.29, 1.82) is 0 Å². The lowest BCUT2D eigenvalue weighted by Crippen LogP contribution is -1.83. The van der Waals surface area contributed by atoms with Crippen molar-refractivity contribution in [2.75, 3.05) is 0 Å². The number of H-pyrrole nitrogens is 1. The van der Waals surface area contributed by atoms with Gasteiger partial charge in [-0.2, -0.15) is 0 Å². The molecule has 0 aliphatic heterocycles. The number of nitrogens with zero attached hydrogens (tertiary/aromatic N) is 1. The van der Waals surface area contributed by atoms with Crippen LogP contribution in [0.2, 0.25) is 0 Å². The van der Waals surface area contributed by atoms with E-state index in [4.69, 9.17) is 4.42 Å². The van der Waals surface area contributed by atoms with E-state index in [9.17, 15) is 0 Å². The predicted molar refractivity (Wildman–Crippen MR) is 63.2 cm³/mol. The number of benzene rings is 1. The molecule has 2 aromatic heterocycles. The molecule has 0 atom stereocenters. The van der Waals surface area contributed by atoms with Gasteiger partial charge in [-0.15, -0.1) is 0 Å². The first kappa shape index (κ1) is 9.21. The Hall–Kier alpha value is -2.03. The molecule has 3 heteroatoms. The largest absolute Gasteiger partial charge is 0.469 e. The second-order valence-electron chi connectivity index (χ2n) is 3.71. The smallest absolute Gasteiger partial charge is 0.142 e. The standard InChI is InChI=1S/C13H12N2O/c1-2-12-9(7-8-16-12)13-14-10-5-3-4-6-11(10)15-13/h3-8H,2H2,1H3,(H,14,15). The molecular weight excluding hydrogens is 200 g/mol. The summed E-state index contributed by atoms with van der Waals surface area (Å²) in [5.41, 5.74) is 3.10. The van der Waals surface area contributed by atoms with Crippen molar-refractivity contribution in [3.8, 4) is 11.4 Å². The molecule has 0 aliphatic carbocycles. The fraction of sp³-hybridized carbons (Fsp3) is 0.154. The van der Waals surface area contributed by atoms with E-state index in [1.54, 1.807) is 6.26 Å². The molecule has 2 heterocycles. The highest BCUT2D eigenvalue weighted by Crippen LogP contribution is 2.24. The van der Waals surface area contributed by atoms with E-state index in [0.29, 0.717) is 0 Å². The number of aryl methyl sites for hydroxylation is 1. The summed E-state index contributed by atoms with van der Waals surface area (Å²) in [5.74, 6) is 1.85. The summed E-state index contributed by atoms with van der Waals surface area (Å²) in [4.78, 5) is 7.85. The van der Waals surface area contributed by atoms with Crippen molar-refractivity contribution in [1.82, 2.24) is 9.97 Å². The Morgan fingerprint density at radius 2 is 2.12 bits per heavy atom. The van der Waals surface area contributed by atoms with Gasteiger partial charge in [-0.05, 0) is 18.2 Å². The van der Waals surface area contributed by atoms with Crippen LogP contribution in [0.3, 0.4) is 0 Å². The van der Waals surface area contributed by atoms with Crippen LogP contribution in [0.25, 0.3) is 22.4 Å². The quantitative estimate of drug-likeness (QED) is 0.707. The van der Waals surface area contributed by atoms with Gasteiger partial charge >= 0.3 is 0 Å². The normalized spacial score (nSPS) is 11.1. The van der Waals surface area contributed by atoms with E-state index in [2.05, 4.69) is 16.9 Å². The molecule has 0 unspecified atom stereocenters. The van der Waals surface area contributed by atoms with Crippen LogP contribution in [-0.4, -0.2) is 9.97 Å². The molecule has 0 spiro atoms. The molecule has 0 bridgehead atoms. The van der Waals surface area contributed by atoms with Crippen molar-refractivity contribution in [3.63, 3.8) is 0 Å². The van der Waals surface area contributed by atoms with Crippen molar-refractivity contribution >= 4 is 11.0 Å². The van der Waals surface area contributed by atoms with Crippen LogP contribution in [0.4, 0.5) is 0 Å². The third-order valence-corrected chi connectivity index (χ3v) is 2.71. The zero-order chi connectivity index (χ0) is 11.0. The summed E-state index contributed by atoms with van der Waals surface area (Å²) in [5, 5.41) is 0. The van der Waals surface area contributed by atoms with Gasteiger partial charge in [0.25, 0.3) is 0 Å². The molecule has 0 aliphatic rings. The van der Waals surface area contributed by atoms with Gasteiger partial charge in [0, 0.05) is 6.42 Å². The average Bonchev–Trinajstić information content (AvgIpc) is 2.94. The van der Waals surface area contributed by atoms with E-state index in [1.807, 2.05) is 30.3 Å². The molecule has 3 rings (SSSR count). The van der Waals surface area contributed by atoms with Gasteiger partial charge in [0.05, 0.1) is 22.9 Å². The molecule has 0 saturated heterocycles. The number of nitrogens with one attached hydrogen (secondary N) is 1. The number of rotatable bonds is 2. The number of hydrogen-bond acceptors (Lipinski definition) is 2. The van der Waals surface area contributed by atoms with E-state index in [1.165, 1.54) is 0 Å². The molecule has 16 heavy (non-hydrogen) atoms. The van der Waals surface area contributed by atoms with Gasteiger partial charge in [-0.25, -0.2) is 4.98 Å². The Balaban J connectivity index is 2.19. The van der Waals surface area contributed by atoms with Crippen LogP contribution in [-0.2, 0) is 6.42 Å². The Labute approximate surface area is 93.1 Å². The summed E-state index contributed by atoms with van der Waals surface area (Å²) >= 11 is 0. The van der Waals surface area contributed by atoms with E-state index >= 15 is 0 Å². The minimum Gasteiger partial charge on any atom is -0.469 e. The highest BCUT2D eigenvalue weighted by Gasteiger charge is 2.10. The second kappa shape index (κ2) is 3.52. The monoisotopic (exact) mass is 212 g/mol. The summed E-state index contributed by atoms with van der Waals surface area (Å²) in [6, 6.07) is 9.97. The first-order valence-electron chi connectivity index (χ1n) is 5.40. The Morgan fingerprint density at radius 1 is 1.25 bits per heavy atom. The number of para-hydroxylation sites is 2. The van der Waals surface area contributed by atoms with Gasteiger partial charge < -0.3 is 9.40 Å². The fourth-order valence-corrected chi connectivity index (χ4v) is 1.91. The number of imidazole rings is 1. The number of furan rings is 1. The summed E-state index contributed by atoms with van der Waals surface area (Å²) < 4.78 is 5.40. The van der Waals surface area contributed by atoms with Gasteiger partial charge in [-0.3, -0.25) is 0 Å². The van der Waals surface area contributed by atoms with Crippen LogP contribution in [0.15, 0.2) is 41.0 Å². The van der Waals surface area contributed by atoms with Crippen molar-refractivity contribution in [2.24, 2.45) is 0 Å². The van der Waals surface area contributed by atoms with Crippen LogP contribution < -0.4 is 0 Å². The molecular formula is C13H12N2O. The molecule has 3 nitrogen and oxygen atoms in total. The second-order valence-corrected chi connectivity index (χ2v) is 3.71. The average molecular weight is 212 g/mol. The highest BCUT2D eigenvalue weighted by molar-refractivity contribution is 5.79. The summed E-state index contributed by atoms with van der Waals surface area (Å²) in [6.45, 7) is 2.07. The maximum atomic E-state index is 5.40. The van der Waals surface area contributed by atoms with E-state index in [0.717, 1.165) is 34.6 Å². The Bertz CT molecular complexity index is 588. The lowest BCUT2D eigenvalue weighted by atomic mass is 10.2. The first-order valence-corrected chi connectivity index (χ1v) is 5.40. The van der Waals surface area contributed by atoms with Gasteiger partial charge in [0.2, 0.25) is 0 Å². The minimum atomic E-state index is 0.874. The number of aromatic amines is 1. The fourth-order valence-electron chi connectivity index (χ4n) is 1.91. The van der Waals surface area contributed by atoms with E-state index < -0.39 is 0 Å². The van der Waals surface area contributed by atoms with Crippen LogP contribution >= 0.6 is 0 Å². The lowest BCUT2D eigenvalue weighted by Gasteiger charge is -1.94. The summed E-state index contributed by atoms with van der Waals surface area (Å²) in [6.07, 6.45) is 2.58. The van der Waals surface area contributed by atoms with Gasteiger partial charge in [0.1, 0.15) is 11.6 Å². The zero-order valence-corrected chi connectivity index (χ0v) is 9.03. The molecule has 80 valence electrons. The molecule has 0 amide bonds. The molecule has 1 N–H and O–H groups in total. The van der Waals surface area contributed by atoms with Crippen molar-refractivity contribution < 1.29 is 4.42 Å². The van der Waals surface area contributed by atoms with Crippen LogP contribution in [0.1, 0.15) is 12.7 Å². The Morgan fingerprint density at radius 3 is 2.94 bits per heavy atom. The maximum absolute atomic E-state index is 5.40. The molecule has 0 saturated carbocycles. The lowest BCUT2D eigenvalue weighted by molar-refractivity contribution is 0.517. The third-order valence-electron chi connectivity index (χ3n) is 2.71. The zero-order valence-electron chi connectivity index (χ0n) is 9.03. The topological polar surface area (TPSA) is 41.8 Å². The number of aromatic nitrogens is 2. The molecule has 0 radical (unpaired) electrons. The van der Waals surface area contributed by atoms with Gasteiger partial charge in [0.15, 0.2) is 0 Å². The Kier molecular flexibility index (Phi) is 2.03.